The first-order chi connectivity index (χ1) is 8.29. The second-order valence-electron chi connectivity index (χ2n) is 3.66. The van der Waals surface area contributed by atoms with Gasteiger partial charge in [0.25, 0.3) is 0 Å². The summed E-state index contributed by atoms with van der Waals surface area (Å²) in [5.74, 6) is 0.924. The van der Waals surface area contributed by atoms with E-state index < -0.39 is 0 Å². The molecule has 6 heteroatoms. The summed E-state index contributed by atoms with van der Waals surface area (Å²) in [4.78, 5) is 0. The van der Waals surface area contributed by atoms with E-state index in [2.05, 4.69) is 33.1 Å². The van der Waals surface area contributed by atoms with Gasteiger partial charge in [-0.2, -0.15) is 0 Å². The van der Waals surface area contributed by atoms with Crippen molar-refractivity contribution in [3.8, 4) is 5.75 Å². The Morgan fingerprint density at radius 1 is 1.41 bits per heavy atom. The van der Waals surface area contributed by atoms with Crippen LogP contribution in [0.2, 0.25) is 0 Å². The van der Waals surface area contributed by atoms with E-state index in [1.54, 1.807) is 7.11 Å². The van der Waals surface area contributed by atoms with Crippen LogP contribution in [0.5, 0.6) is 5.75 Å². The van der Waals surface area contributed by atoms with Gasteiger partial charge in [-0.05, 0) is 30.2 Å². The number of nitrogens with one attached hydrogen (secondary N) is 1. The van der Waals surface area contributed by atoms with Crippen molar-refractivity contribution in [3.63, 3.8) is 0 Å². The van der Waals surface area contributed by atoms with Crippen LogP contribution in [0.1, 0.15) is 11.1 Å². The molecule has 0 unspecified atom stereocenters. The first kappa shape index (κ1) is 11.8. The number of anilines is 1. The zero-order valence-electron chi connectivity index (χ0n) is 9.80. The molecule has 1 N–H and O–H groups in total. The minimum absolute atomic E-state index is 0.747. The number of aryl methyl sites for hydroxylation is 1. The van der Waals surface area contributed by atoms with Crippen LogP contribution in [0, 0.1) is 6.92 Å². The fourth-order valence-corrected chi connectivity index (χ4v) is 2.00. The number of aromatic nitrogens is 3. The predicted octanol–water partition coefficient (Wildman–Crippen LogP) is 1.90. The van der Waals surface area contributed by atoms with Crippen LogP contribution in [0.3, 0.4) is 0 Å². The summed E-state index contributed by atoms with van der Waals surface area (Å²) >= 11 is 1.26. The van der Waals surface area contributed by atoms with Crippen molar-refractivity contribution in [1.29, 1.82) is 0 Å². The van der Waals surface area contributed by atoms with Gasteiger partial charge in [-0.25, -0.2) is 0 Å². The molecule has 0 spiro atoms. The molecule has 2 aromatic rings. The normalized spacial score (nSPS) is 10.2. The van der Waals surface area contributed by atoms with Gasteiger partial charge in [-0.3, -0.25) is 0 Å². The molecule has 0 saturated carbocycles. The van der Waals surface area contributed by atoms with Crippen molar-refractivity contribution in [2.75, 3.05) is 19.0 Å². The van der Waals surface area contributed by atoms with Crippen molar-refractivity contribution in [3.05, 3.63) is 29.3 Å². The van der Waals surface area contributed by atoms with E-state index in [4.69, 9.17) is 4.74 Å². The predicted molar refractivity (Wildman–Crippen MR) is 67.6 cm³/mol. The number of methoxy groups -OCH3 is 1. The Balaban J connectivity index is 1.96. The lowest BCUT2D eigenvalue weighted by Crippen LogP contribution is -2.06. The average Bonchev–Trinajstić information content (AvgIpc) is 2.82. The smallest absolute Gasteiger partial charge is 0.225 e. The maximum atomic E-state index is 5.32. The molecular formula is C11H14N4OS. The highest BCUT2D eigenvalue weighted by molar-refractivity contribution is 7.09. The number of ether oxygens (including phenoxy) is 1. The summed E-state index contributed by atoms with van der Waals surface area (Å²) in [5, 5.41) is 11.3. The Hall–Kier alpha value is -1.69. The zero-order valence-corrected chi connectivity index (χ0v) is 10.6. The number of benzene rings is 1. The van der Waals surface area contributed by atoms with Gasteiger partial charge in [0.05, 0.1) is 7.11 Å². The third-order valence-electron chi connectivity index (χ3n) is 2.41. The maximum Gasteiger partial charge on any atom is 0.225 e. The molecule has 17 heavy (non-hydrogen) atoms. The lowest BCUT2D eigenvalue weighted by atomic mass is 10.1. The summed E-state index contributed by atoms with van der Waals surface area (Å²) in [7, 11) is 1.69. The summed E-state index contributed by atoms with van der Waals surface area (Å²) in [5.41, 5.74) is 2.43. The van der Waals surface area contributed by atoms with Crippen LogP contribution in [0.15, 0.2) is 18.2 Å². The van der Waals surface area contributed by atoms with Crippen LogP contribution in [-0.2, 0) is 6.42 Å². The van der Waals surface area contributed by atoms with E-state index >= 15 is 0 Å². The van der Waals surface area contributed by atoms with Gasteiger partial charge in [0.1, 0.15) is 5.75 Å². The summed E-state index contributed by atoms with van der Waals surface area (Å²) in [6.45, 7) is 2.86. The van der Waals surface area contributed by atoms with Gasteiger partial charge in [0.15, 0.2) is 0 Å². The highest BCUT2D eigenvalue weighted by Gasteiger charge is 2.03. The van der Waals surface area contributed by atoms with E-state index in [1.807, 2.05) is 12.1 Å². The molecule has 0 amide bonds. The van der Waals surface area contributed by atoms with E-state index in [9.17, 15) is 0 Å². The Morgan fingerprint density at radius 2 is 2.29 bits per heavy atom. The number of rotatable bonds is 5. The Labute approximate surface area is 104 Å². The largest absolute Gasteiger partial charge is 0.496 e. The molecule has 1 aromatic heterocycles. The van der Waals surface area contributed by atoms with Crippen LogP contribution in [0.4, 0.5) is 5.13 Å². The first-order valence-corrected chi connectivity index (χ1v) is 6.09. The van der Waals surface area contributed by atoms with Crippen molar-refractivity contribution >= 4 is 16.7 Å². The van der Waals surface area contributed by atoms with Gasteiger partial charge < -0.3 is 10.1 Å². The van der Waals surface area contributed by atoms with Gasteiger partial charge in [0.2, 0.25) is 5.13 Å². The molecular weight excluding hydrogens is 236 g/mol. The van der Waals surface area contributed by atoms with Crippen LogP contribution < -0.4 is 10.1 Å². The standard InChI is InChI=1S/C11H14N4OS/c1-8-3-4-10(16-2)9(7-8)5-6-12-11-13-14-15-17-11/h3-4,7H,5-6H2,1-2H3,(H,12,13,15). The van der Waals surface area contributed by atoms with Gasteiger partial charge in [-0.1, -0.05) is 27.3 Å². The third kappa shape index (κ3) is 3.13. The first-order valence-electron chi connectivity index (χ1n) is 5.32. The number of hydrogen-bond donors (Lipinski definition) is 1. The second-order valence-corrected chi connectivity index (χ2v) is 4.39. The molecule has 0 radical (unpaired) electrons. The Bertz CT molecular complexity index is 472. The molecule has 0 saturated heterocycles. The minimum atomic E-state index is 0.747. The van der Waals surface area contributed by atoms with Crippen molar-refractivity contribution in [2.45, 2.75) is 13.3 Å². The lowest BCUT2D eigenvalue weighted by molar-refractivity contribution is 0.410. The van der Waals surface area contributed by atoms with Crippen LogP contribution in [0.25, 0.3) is 0 Å². The molecule has 0 bridgehead atoms. The zero-order chi connectivity index (χ0) is 12.1. The quantitative estimate of drug-likeness (QED) is 0.878. The monoisotopic (exact) mass is 250 g/mol. The molecule has 5 nitrogen and oxygen atoms in total. The highest BCUT2D eigenvalue weighted by Crippen LogP contribution is 2.20. The highest BCUT2D eigenvalue weighted by atomic mass is 32.1. The SMILES string of the molecule is COc1ccc(C)cc1CCNc1nnns1. The van der Waals surface area contributed by atoms with Crippen molar-refractivity contribution in [1.82, 2.24) is 14.8 Å². The van der Waals surface area contributed by atoms with Crippen LogP contribution in [-0.4, -0.2) is 28.5 Å². The van der Waals surface area contributed by atoms with E-state index in [0.29, 0.717) is 0 Å². The van der Waals surface area contributed by atoms with Gasteiger partial charge in [0, 0.05) is 18.1 Å². The fourth-order valence-electron chi connectivity index (χ4n) is 1.61. The average molecular weight is 250 g/mol. The topological polar surface area (TPSA) is 59.9 Å². The van der Waals surface area contributed by atoms with E-state index in [0.717, 1.165) is 23.8 Å². The van der Waals surface area contributed by atoms with E-state index in [-0.39, 0.29) is 0 Å². The molecule has 0 atom stereocenters. The van der Waals surface area contributed by atoms with Crippen LogP contribution >= 0.6 is 11.5 Å². The summed E-state index contributed by atoms with van der Waals surface area (Å²) in [6, 6.07) is 6.18. The molecule has 0 aliphatic heterocycles. The Morgan fingerprint density at radius 3 is 3.00 bits per heavy atom. The number of hydrogen-bond acceptors (Lipinski definition) is 6. The van der Waals surface area contributed by atoms with Crippen molar-refractivity contribution in [2.24, 2.45) is 0 Å². The van der Waals surface area contributed by atoms with Crippen molar-refractivity contribution < 1.29 is 4.74 Å². The van der Waals surface area contributed by atoms with Gasteiger partial charge in [-0.15, -0.1) is 0 Å². The molecule has 2 rings (SSSR count). The summed E-state index contributed by atoms with van der Waals surface area (Å²) in [6.07, 6.45) is 0.879. The molecule has 0 fully saturated rings. The Kier molecular flexibility index (Phi) is 3.87. The van der Waals surface area contributed by atoms with Gasteiger partial charge >= 0.3 is 0 Å². The summed E-state index contributed by atoms with van der Waals surface area (Å²) < 4.78 is 9.01. The maximum absolute atomic E-state index is 5.32. The molecule has 1 heterocycles. The van der Waals surface area contributed by atoms with E-state index in [1.165, 1.54) is 22.7 Å². The lowest BCUT2D eigenvalue weighted by Gasteiger charge is -2.09. The molecule has 1 aromatic carbocycles. The number of nitrogens with zero attached hydrogens (tertiary/aromatic N) is 3. The fraction of sp³-hybridized carbons (Fsp3) is 0.364. The third-order valence-corrected chi connectivity index (χ3v) is 2.96. The minimum Gasteiger partial charge on any atom is -0.496 e. The molecule has 90 valence electrons. The molecule has 0 aliphatic rings. The molecule has 0 aliphatic carbocycles. The second kappa shape index (κ2) is 5.58.